The normalized spacial score (nSPS) is 27.1. The summed E-state index contributed by atoms with van der Waals surface area (Å²) < 4.78 is 19.3. The third kappa shape index (κ3) is 12.3. The Bertz CT molecular complexity index is 1850. The molecule has 3 aliphatic heterocycles. The minimum atomic E-state index is -0.661. The molecule has 3 saturated heterocycles. The van der Waals surface area contributed by atoms with E-state index in [4.69, 9.17) is 28.7 Å². The highest BCUT2D eigenvalue weighted by atomic mass is 16.7. The summed E-state index contributed by atoms with van der Waals surface area (Å²) in [5.74, 6) is -1.81. The fourth-order valence-electron chi connectivity index (χ4n) is 13.5. The van der Waals surface area contributed by atoms with Gasteiger partial charge in [-0.25, -0.2) is 14.4 Å². The first-order valence-electron chi connectivity index (χ1n) is 26.5. The number of ether oxygens (including phenoxy) is 3. The van der Waals surface area contributed by atoms with E-state index in [1.807, 2.05) is 0 Å². The molecule has 0 N–H and O–H groups in total. The summed E-state index contributed by atoms with van der Waals surface area (Å²) in [7, 11) is 0. The number of hydroxylamine groups is 6. The van der Waals surface area contributed by atoms with Gasteiger partial charge in [0, 0.05) is 71.8 Å². The topological polar surface area (TPSA) is 116 Å². The SMILES string of the molecule is Cc1cc(C(=O)OC2CC(C)(C)N(OC3CCCCC3)C(C)(C)C2)c(C(=O)OC2CC(C)(C)N(OC3CCCCC3)C(C)(C)C2)cc1C(=O)OC1CC(C)(C)N(OC2CCCCC2)C(C)(C)C1. The number of carbonyl (C=O) groups excluding carboxylic acids is 3. The molecule has 67 heavy (non-hydrogen) atoms. The molecule has 0 amide bonds. The molecule has 0 radical (unpaired) electrons. The van der Waals surface area contributed by atoms with Crippen molar-refractivity contribution >= 4 is 17.9 Å². The molecule has 0 bridgehead atoms. The molecule has 0 aromatic heterocycles. The van der Waals surface area contributed by atoms with Crippen molar-refractivity contribution in [2.45, 2.75) is 295 Å². The van der Waals surface area contributed by atoms with Crippen LogP contribution in [0.3, 0.4) is 0 Å². The fourth-order valence-corrected chi connectivity index (χ4v) is 13.5. The second-order valence-electron chi connectivity index (χ2n) is 25.4. The predicted molar refractivity (Wildman–Crippen MR) is 260 cm³/mol. The Labute approximate surface area is 404 Å². The molecule has 3 saturated carbocycles. The van der Waals surface area contributed by atoms with E-state index in [9.17, 15) is 14.4 Å². The van der Waals surface area contributed by atoms with Crippen molar-refractivity contribution in [2.24, 2.45) is 0 Å². The predicted octanol–water partition coefficient (Wildman–Crippen LogP) is 12.3. The van der Waals surface area contributed by atoms with Crippen LogP contribution in [-0.4, -0.2) is 103 Å². The molecular formula is C55H89N3O9. The molecule has 0 atom stereocenters. The van der Waals surface area contributed by atoms with Gasteiger partial charge in [0.05, 0.1) is 35.0 Å². The average molecular weight is 936 g/mol. The zero-order valence-corrected chi connectivity index (χ0v) is 44.0. The zero-order valence-electron chi connectivity index (χ0n) is 44.0. The number of rotatable bonds is 12. The maximum absolute atomic E-state index is 14.8. The Balaban J connectivity index is 1.12. The van der Waals surface area contributed by atoms with Crippen molar-refractivity contribution in [2.75, 3.05) is 0 Å². The maximum atomic E-state index is 14.8. The Morgan fingerprint density at radius 3 is 0.881 bits per heavy atom. The number of benzene rings is 1. The highest BCUT2D eigenvalue weighted by Crippen LogP contribution is 2.45. The fraction of sp³-hybridized carbons (Fsp3) is 0.836. The number of hydrogen-bond acceptors (Lipinski definition) is 12. The molecule has 1 aromatic rings. The minimum absolute atomic E-state index is 0.00648. The first-order valence-corrected chi connectivity index (χ1v) is 26.5. The lowest BCUT2D eigenvalue weighted by molar-refractivity contribution is -0.317. The quantitative estimate of drug-likeness (QED) is 0.147. The van der Waals surface area contributed by atoms with Gasteiger partial charge < -0.3 is 14.2 Å². The third-order valence-corrected chi connectivity index (χ3v) is 15.9. The number of piperidine rings is 3. The lowest BCUT2D eigenvalue weighted by Gasteiger charge is -2.54. The number of aryl methyl sites for hydroxylation is 1. The smallest absolute Gasteiger partial charge is 0.339 e. The summed E-state index contributed by atoms with van der Waals surface area (Å²) >= 11 is 0. The van der Waals surface area contributed by atoms with Crippen LogP contribution in [0.15, 0.2) is 12.1 Å². The Morgan fingerprint density at radius 2 is 0.612 bits per heavy atom. The Morgan fingerprint density at radius 1 is 0.373 bits per heavy atom. The summed E-state index contributed by atoms with van der Waals surface area (Å²) in [5, 5.41) is 6.45. The molecule has 12 heteroatoms. The van der Waals surface area contributed by atoms with E-state index in [1.54, 1.807) is 13.0 Å². The van der Waals surface area contributed by atoms with E-state index in [0.717, 1.165) is 38.5 Å². The third-order valence-electron chi connectivity index (χ3n) is 15.9. The monoisotopic (exact) mass is 936 g/mol. The van der Waals surface area contributed by atoms with Crippen molar-refractivity contribution in [1.82, 2.24) is 15.2 Å². The van der Waals surface area contributed by atoms with Crippen molar-refractivity contribution in [3.8, 4) is 0 Å². The van der Waals surface area contributed by atoms with Crippen LogP contribution in [0.25, 0.3) is 0 Å². The van der Waals surface area contributed by atoms with Gasteiger partial charge in [-0.05, 0) is 146 Å². The number of esters is 3. The van der Waals surface area contributed by atoms with E-state index < -0.39 is 69.5 Å². The highest BCUT2D eigenvalue weighted by Gasteiger charge is 2.52. The van der Waals surface area contributed by atoms with E-state index >= 15 is 0 Å². The summed E-state index contributed by atoms with van der Waals surface area (Å²) in [5.41, 5.74) is -1.69. The van der Waals surface area contributed by atoms with Crippen LogP contribution in [0, 0.1) is 6.92 Å². The first kappa shape index (κ1) is 52.2. The van der Waals surface area contributed by atoms with Gasteiger partial charge in [-0.2, -0.15) is 15.2 Å². The highest BCUT2D eigenvalue weighted by molar-refractivity contribution is 6.06. The lowest BCUT2D eigenvalue weighted by atomic mass is 9.80. The second-order valence-corrected chi connectivity index (χ2v) is 25.4. The maximum Gasteiger partial charge on any atom is 0.339 e. The molecular weight excluding hydrogens is 847 g/mol. The van der Waals surface area contributed by atoms with Crippen molar-refractivity contribution in [1.29, 1.82) is 0 Å². The van der Waals surface area contributed by atoms with Gasteiger partial charge >= 0.3 is 17.9 Å². The molecule has 6 fully saturated rings. The molecule has 3 heterocycles. The molecule has 0 spiro atoms. The Hall–Kier alpha value is -2.61. The summed E-state index contributed by atoms with van der Waals surface area (Å²) in [4.78, 5) is 64.0. The van der Waals surface area contributed by atoms with Crippen LogP contribution in [-0.2, 0) is 28.7 Å². The number of nitrogens with zero attached hydrogens (tertiary/aromatic N) is 3. The van der Waals surface area contributed by atoms with Gasteiger partial charge in [0.25, 0.3) is 0 Å². The van der Waals surface area contributed by atoms with E-state index in [0.29, 0.717) is 44.1 Å². The van der Waals surface area contributed by atoms with Gasteiger partial charge in [0.2, 0.25) is 0 Å². The first-order chi connectivity index (χ1) is 31.3. The summed E-state index contributed by atoms with van der Waals surface area (Å²) in [6.45, 7) is 27.6. The molecule has 7 rings (SSSR count). The van der Waals surface area contributed by atoms with Crippen LogP contribution < -0.4 is 0 Å². The second kappa shape index (κ2) is 20.2. The van der Waals surface area contributed by atoms with Crippen LogP contribution >= 0.6 is 0 Å². The van der Waals surface area contributed by atoms with Crippen LogP contribution in [0.5, 0.6) is 0 Å². The largest absolute Gasteiger partial charge is 0.459 e. The van der Waals surface area contributed by atoms with E-state index in [-0.39, 0.29) is 35.0 Å². The number of hydrogen-bond donors (Lipinski definition) is 0. The zero-order chi connectivity index (χ0) is 48.7. The summed E-state index contributed by atoms with van der Waals surface area (Å²) in [6.07, 6.45) is 19.7. The van der Waals surface area contributed by atoms with Gasteiger partial charge in [-0.15, -0.1) is 0 Å². The molecule has 1 aromatic carbocycles. The van der Waals surface area contributed by atoms with Crippen molar-refractivity contribution in [3.63, 3.8) is 0 Å². The average Bonchev–Trinajstić information content (AvgIpc) is 3.22. The molecule has 378 valence electrons. The van der Waals surface area contributed by atoms with Gasteiger partial charge in [0.1, 0.15) is 18.3 Å². The van der Waals surface area contributed by atoms with Gasteiger partial charge in [-0.1, -0.05) is 57.8 Å². The standard InChI is InChI=1S/C55H89N3O9/c1-37-29-45(48(60)63-42-33-52(6,7)57(53(8,9)34-42)66-39-25-19-15-20-26-39)46(49(61)64-43-35-54(10,11)58(55(12,13)36-43)67-40-27-21-16-22-28-40)30-44(37)47(59)62-41-31-50(2,3)56(51(4,5)32-41)65-38-23-17-14-18-24-38/h29-30,38-43H,14-28,31-36H2,1-13H3. The lowest BCUT2D eigenvalue weighted by Crippen LogP contribution is -2.63. The van der Waals surface area contributed by atoms with Crippen LogP contribution in [0.2, 0.25) is 0 Å². The summed E-state index contributed by atoms with van der Waals surface area (Å²) in [6, 6.07) is 3.14. The minimum Gasteiger partial charge on any atom is -0.459 e. The van der Waals surface area contributed by atoms with E-state index in [1.165, 1.54) is 63.9 Å². The molecule has 12 nitrogen and oxygen atoms in total. The molecule has 6 aliphatic rings. The van der Waals surface area contributed by atoms with Crippen molar-refractivity contribution < 1.29 is 43.1 Å². The van der Waals surface area contributed by atoms with Crippen molar-refractivity contribution in [3.05, 3.63) is 34.4 Å². The molecule has 0 unspecified atom stereocenters. The van der Waals surface area contributed by atoms with Gasteiger partial charge in [0.15, 0.2) is 0 Å². The van der Waals surface area contributed by atoms with E-state index in [2.05, 4.69) is 98.3 Å². The Kier molecular flexibility index (Phi) is 15.8. The number of carbonyl (C=O) groups is 3. The van der Waals surface area contributed by atoms with Crippen LogP contribution in [0.1, 0.15) is 255 Å². The van der Waals surface area contributed by atoms with Crippen LogP contribution in [0.4, 0.5) is 0 Å². The van der Waals surface area contributed by atoms with Gasteiger partial charge in [-0.3, -0.25) is 14.5 Å². The molecule has 3 aliphatic carbocycles.